The smallest absolute Gasteiger partial charge is 0.114 e. The highest BCUT2D eigenvalue weighted by Crippen LogP contribution is 2.18. The molecule has 1 heterocycles. The van der Waals surface area contributed by atoms with Crippen molar-refractivity contribution in [3.05, 3.63) is 12.2 Å². The van der Waals surface area contributed by atoms with Crippen LogP contribution in [0, 0.1) is 0 Å². The summed E-state index contributed by atoms with van der Waals surface area (Å²) in [5.41, 5.74) is 0. The molecule has 1 saturated heterocycles. The third-order valence-electron chi connectivity index (χ3n) is 5.16. The molecule has 0 aromatic heterocycles. The Kier molecular flexibility index (Phi) is 15.0. The lowest BCUT2D eigenvalue weighted by Crippen LogP contribution is -2.40. The Labute approximate surface area is 165 Å². The van der Waals surface area contributed by atoms with E-state index in [0.29, 0.717) is 6.61 Å². The third-order valence-corrected chi connectivity index (χ3v) is 5.16. The van der Waals surface area contributed by atoms with Crippen molar-refractivity contribution in [3.8, 4) is 0 Å². The minimum absolute atomic E-state index is 0.0665. The first-order valence-electron chi connectivity index (χ1n) is 11.0. The van der Waals surface area contributed by atoms with Crippen LogP contribution in [0.2, 0.25) is 0 Å². The molecule has 0 spiro atoms. The highest BCUT2D eigenvalue weighted by Gasteiger charge is 2.39. The van der Waals surface area contributed by atoms with Crippen LogP contribution in [-0.4, -0.2) is 59.6 Å². The average Bonchev–Trinajstić information content (AvgIpc) is 3.00. The molecular formula is C22H42O5. The molecule has 5 heteroatoms. The molecule has 0 radical (unpaired) electrons. The van der Waals surface area contributed by atoms with E-state index in [0.717, 1.165) is 12.8 Å². The quantitative estimate of drug-likeness (QED) is 0.262. The molecule has 0 aromatic carbocycles. The fourth-order valence-electron chi connectivity index (χ4n) is 3.36. The molecule has 160 valence electrons. The van der Waals surface area contributed by atoms with E-state index in [1.165, 1.54) is 64.2 Å². The van der Waals surface area contributed by atoms with Gasteiger partial charge in [0, 0.05) is 6.61 Å². The van der Waals surface area contributed by atoms with Gasteiger partial charge in [-0.3, -0.25) is 0 Å². The van der Waals surface area contributed by atoms with Gasteiger partial charge in [-0.2, -0.15) is 0 Å². The van der Waals surface area contributed by atoms with Crippen molar-refractivity contribution < 1.29 is 24.8 Å². The minimum atomic E-state index is -1.03. The van der Waals surface area contributed by atoms with Gasteiger partial charge in [0.25, 0.3) is 0 Å². The van der Waals surface area contributed by atoms with E-state index < -0.39 is 24.4 Å². The normalized spacial score (nSPS) is 24.1. The molecule has 3 N–H and O–H groups in total. The van der Waals surface area contributed by atoms with Gasteiger partial charge in [0.05, 0.1) is 13.2 Å². The van der Waals surface area contributed by atoms with E-state index in [1.807, 2.05) is 0 Å². The summed E-state index contributed by atoms with van der Waals surface area (Å²) in [6, 6.07) is 0. The second-order valence-corrected chi connectivity index (χ2v) is 7.73. The minimum Gasteiger partial charge on any atom is -0.388 e. The maximum atomic E-state index is 9.92. The summed E-state index contributed by atoms with van der Waals surface area (Å²) < 4.78 is 10.6. The number of ether oxygens (including phenoxy) is 2. The maximum absolute atomic E-state index is 9.92. The monoisotopic (exact) mass is 386 g/mol. The molecule has 5 nitrogen and oxygen atoms in total. The van der Waals surface area contributed by atoms with Crippen LogP contribution in [0.3, 0.4) is 0 Å². The lowest BCUT2D eigenvalue weighted by atomic mass is 10.1. The summed E-state index contributed by atoms with van der Waals surface area (Å²) in [5.74, 6) is 0. The van der Waals surface area contributed by atoms with E-state index in [4.69, 9.17) is 9.47 Å². The molecule has 0 amide bonds. The highest BCUT2D eigenvalue weighted by molar-refractivity contribution is 4.87. The summed E-state index contributed by atoms with van der Waals surface area (Å²) in [7, 11) is 0. The van der Waals surface area contributed by atoms with Gasteiger partial charge in [0.15, 0.2) is 0 Å². The zero-order valence-electron chi connectivity index (χ0n) is 17.2. The highest BCUT2D eigenvalue weighted by atomic mass is 16.5. The van der Waals surface area contributed by atoms with Gasteiger partial charge in [-0.1, -0.05) is 64.0 Å². The van der Waals surface area contributed by atoms with Crippen molar-refractivity contribution in [2.24, 2.45) is 0 Å². The summed E-state index contributed by atoms with van der Waals surface area (Å²) in [4.78, 5) is 0. The SMILES string of the molecule is CCCCCCC/C=C/CCCCCCCOC[C@@H](O)[C@H]1OC[C@H](O)[C@H]1O. The predicted octanol–water partition coefficient (Wildman–Crippen LogP) is 3.74. The Bertz CT molecular complexity index is 361. The molecule has 0 aromatic rings. The van der Waals surface area contributed by atoms with E-state index in [9.17, 15) is 15.3 Å². The van der Waals surface area contributed by atoms with Gasteiger partial charge in [0.1, 0.15) is 24.4 Å². The molecule has 0 saturated carbocycles. The number of hydrogen-bond acceptors (Lipinski definition) is 5. The van der Waals surface area contributed by atoms with Crippen LogP contribution in [0.25, 0.3) is 0 Å². The van der Waals surface area contributed by atoms with E-state index in [2.05, 4.69) is 19.1 Å². The number of rotatable bonds is 17. The molecule has 1 rings (SSSR count). The summed E-state index contributed by atoms with van der Waals surface area (Å²) in [5, 5.41) is 29.0. The molecular weight excluding hydrogens is 344 g/mol. The number of allylic oxidation sites excluding steroid dienone is 2. The van der Waals surface area contributed by atoms with Crippen molar-refractivity contribution in [1.29, 1.82) is 0 Å². The van der Waals surface area contributed by atoms with Crippen LogP contribution >= 0.6 is 0 Å². The zero-order chi connectivity index (χ0) is 19.7. The van der Waals surface area contributed by atoms with Crippen LogP contribution < -0.4 is 0 Å². The zero-order valence-corrected chi connectivity index (χ0v) is 17.2. The number of aliphatic hydroxyl groups is 3. The Morgan fingerprint density at radius 2 is 1.52 bits per heavy atom. The van der Waals surface area contributed by atoms with Crippen LogP contribution in [0.4, 0.5) is 0 Å². The Hall–Kier alpha value is -0.460. The van der Waals surface area contributed by atoms with Crippen molar-refractivity contribution in [2.45, 2.75) is 108 Å². The molecule has 0 unspecified atom stereocenters. The molecule has 27 heavy (non-hydrogen) atoms. The summed E-state index contributed by atoms with van der Waals surface area (Å²) in [6.07, 6.45) is 16.1. The first-order chi connectivity index (χ1) is 13.2. The molecule has 1 aliphatic rings. The first kappa shape index (κ1) is 24.6. The maximum Gasteiger partial charge on any atom is 0.114 e. The van der Waals surface area contributed by atoms with Crippen LogP contribution in [0.1, 0.15) is 84.0 Å². The van der Waals surface area contributed by atoms with Crippen molar-refractivity contribution in [2.75, 3.05) is 19.8 Å². The first-order valence-corrected chi connectivity index (χ1v) is 11.0. The van der Waals surface area contributed by atoms with Crippen LogP contribution in [0.5, 0.6) is 0 Å². The Morgan fingerprint density at radius 3 is 2.11 bits per heavy atom. The second kappa shape index (κ2) is 16.5. The third kappa shape index (κ3) is 11.9. The van der Waals surface area contributed by atoms with Gasteiger partial charge < -0.3 is 24.8 Å². The lowest BCUT2D eigenvalue weighted by molar-refractivity contribution is -0.0813. The molecule has 0 aliphatic carbocycles. The summed E-state index contributed by atoms with van der Waals surface area (Å²) in [6.45, 7) is 3.07. The van der Waals surface area contributed by atoms with Crippen molar-refractivity contribution >= 4 is 0 Å². The van der Waals surface area contributed by atoms with Gasteiger partial charge in [0.2, 0.25) is 0 Å². The molecule has 1 fully saturated rings. The van der Waals surface area contributed by atoms with Gasteiger partial charge in [-0.25, -0.2) is 0 Å². The van der Waals surface area contributed by atoms with E-state index in [-0.39, 0.29) is 13.2 Å². The second-order valence-electron chi connectivity index (χ2n) is 7.73. The topological polar surface area (TPSA) is 79.2 Å². The van der Waals surface area contributed by atoms with Crippen LogP contribution in [-0.2, 0) is 9.47 Å². The van der Waals surface area contributed by atoms with Crippen molar-refractivity contribution in [3.63, 3.8) is 0 Å². The molecule has 0 bridgehead atoms. The van der Waals surface area contributed by atoms with E-state index in [1.54, 1.807) is 0 Å². The van der Waals surface area contributed by atoms with Crippen molar-refractivity contribution in [1.82, 2.24) is 0 Å². The number of hydrogen-bond donors (Lipinski definition) is 3. The Balaban J connectivity index is 1.81. The molecule has 1 aliphatic heterocycles. The van der Waals surface area contributed by atoms with Gasteiger partial charge in [-0.05, 0) is 32.1 Å². The predicted molar refractivity (Wildman–Crippen MR) is 109 cm³/mol. The molecule has 4 atom stereocenters. The number of aliphatic hydroxyl groups excluding tert-OH is 3. The van der Waals surface area contributed by atoms with Gasteiger partial charge >= 0.3 is 0 Å². The largest absolute Gasteiger partial charge is 0.388 e. The van der Waals surface area contributed by atoms with Gasteiger partial charge in [-0.15, -0.1) is 0 Å². The standard InChI is InChI=1S/C22H42O5/c1-2-3-4-5-6-7-8-9-10-11-12-13-14-15-16-26-17-20(24)22-21(25)19(23)18-27-22/h8-9,19-25H,2-7,10-18H2,1H3/b9-8+/t19-,20+,21+,22+/m0/s1. The van der Waals surface area contributed by atoms with Crippen LogP contribution in [0.15, 0.2) is 12.2 Å². The average molecular weight is 387 g/mol. The summed E-state index contributed by atoms with van der Waals surface area (Å²) >= 11 is 0. The fraction of sp³-hybridized carbons (Fsp3) is 0.909. The lowest BCUT2D eigenvalue weighted by Gasteiger charge is -2.20. The number of unbranched alkanes of at least 4 members (excludes halogenated alkanes) is 10. The van der Waals surface area contributed by atoms with E-state index >= 15 is 0 Å². The fourth-order valence-corrected chi connectivity index (χ4v) is 3.36. The Morgan fingerprint density at radius 1 is 0.926 bits per heavy atom.